The molecule has 0 aliphatic carbocycles. The van der Waals surface area contributed by atoms with Crippen molar-refractivity contribution in [2.75, 3.05) is 0 Å². The molecule has 0 radical (unpaired) electrons. The van der Waals surface area contributed by atoms with E-state index < -0.39 is 0 Å². The van der Waals surface area contributed by atoms with E-state index in [-0.39, 0.29) is 0 Å². The second-order valence-electron chi connectivity index (χ2n) is 5.03. The van der Waals surface area contributed by atoms with Crippen LogP contribution in [0.4, 0.5) is 0 Å². The molecule has 23 heavy (non-hydrogen) atoms. The van der Waals surface area contributed by atoms with Gasteiger partial charge in [0.2, 0.25) is 0 Å². The van der Waals surface area contributed by atoms with E-state index in [2.05, 4.69) is 20.3 Å². The first-order chi connectivity index (χ1) is 11.3. The van der Waals surface area contributed by atoms with Crippen LogP contribution in [0, 0.1) is 0 Å². The first-order valence-electron chi connectivity index (χ1n) is 7.07. The second kappa shape index (κ2) is 5.77. The Morgan fingerprint density at radius 2 is 2.17 bits per heavy atom. The van der Waals surface area contributed by atoms with Crippen LogP contribution in [0.1, 0.15) is 5.69 Å². The summed E-state index contributed by atoms with van der Waals surface area (Å²) in [4.78, 5) is 9.02. The Labute approximate surface area is 136 Å². The largest absolute Gasteiger partial charge is 0.486 e. The van der Waals surface area contributed by atoms with Crippen LogP contribution in [0.5, 0.6) is 5.75 Å². The molecule has 0 aromatic carbocycles. The molecule has 6 nitrogen and oxygen atoms in total. The highest BCUT2D eigenvalue weighted by atomic mass is 32.1. The van der Waals surface area contributed by atoms with E-state index in [1.165, 1.54) is 0 Å². The average Bonchev–Trinajstić information content (AvgIpc) is 3.22. The van der Waals surface area contributed by atoms with Crippen molar-refractivity contribution < 1.29 is 4.74 Å². The Balaban J connectivity index is 1.71. The highest BCUT2D eigenvalue weighted by Crippen LogP contribution is 2.33. The fourth-order valence-electron chi connectivity index (χ4n) is 2.29. The summed E-state index contributed by atoms with van der Waals surface area (Å²) in [6, 6.07) is 9.69. The van der Waals surface area contributed by atoms with Gasteiger partial charge in [-0.1, -0.05) is 11.3 Å². The van der Waals surface area contributed by atoms with Crippen molar-refractivity contribution in [1.29, 1.82) is 0 Å². The monoisotopic (exact) mass is 323 g/mol. The molecule has 0 bridgehead atoms. The van der Waals surface area contributed by atoms with Crippen LogP contribution in [0.2, 0.25) is 0 Å². The Hall–Kier alpha value is -2.80. The summed E-state index contributed by atoms with van der Waals surface area (Å²) < 4.78 is 8.65. The molecule has 0 aliphatic heterocycles. The molecule has 0 saturated carbocycles. The van der Waals surface area contributed by atoms with Crippen LogP contribution in [0.3, 0.4) is 0 Å². The predicted octanol–water partition coefficient (Wildman–Crippen LogP) is 3.07. The lowest BCUT2D eigenvalue weighted by atomic mass is 10.2. The quantitative estimate of drug-likeness (QED) is 0.577. The van der Waals surface area contributed by atoms with E-state index in [4.69, 9.17) is 4.74 Å². The number of aryl methyl sites for hydroxylation is 1. The fraction of sp³-hybridized carbons (Fsp3) is 0.125. The minimum atomic E-state index is 0.368. The molecule has 0 atom stereocenters. The number of fused-ring (bicyclic) bond motifs is 1. The second-order valence-corrected chi connectivity index (χ2v) is 5.94. The summed E-state index contributed by atoms with van der Waals surface area (Å²) in [7, 11) is 1.83. The molecule has 0 unspecified atom stereocenters. The van der Waals surface area contributed by atoms with Gasteiger partial charge in [0, 0.05) is 19.3 Å². The van der Waals surface area contributed by atoms with Crippen LogP contribution in [-0.4, -0.2) is 25.0 Å². The van der Waals surface area contributed by atoms with Crippen LogP contribution in [0.15, 0.2) is 48.1 Å². The lowest BCUT2D eigenvalue weighted by Gasteiger charge is -2.08. The first-order valence-corrected chi connectivity index (χ1v) is 7.95. The van der Waals surface area contributed by atoms with Gasteiger partial charge in [-0.3, -0.25) is 9.67 Å². The fourth-order valence-corrected chi connectivity index (χ4v) is 3.09. The van der Waals surface area contributed by atoms with E-state index in [1.807, 2.05) is 49.0 Å². The van der Waals surface area contributed by atoms with E-state index >= 15 is 0 Å². The Bertz CT molecular complexity index is 947. The Morgan fingerprint density at radius 3 is 2.96 bits per heavy atom. The van der Waals surface area contributed by atoms with Gasteiger partial charge < -0.3 is 4.74 Å². The SMILES string of the molecule is Cn1cc(COc2cc(-c3ccccn3)nc3ccsc23)nn1. The molecular formula is C16H13N5OS. The topological polar surface area (TPSA) is 65.7 Å². The summed E-state index contributed by atoms with van der Waals surface area (Å²) >= 11 is 1.61. The van der Waals surface area contributed by atoms with Crippen LogP contribution in [0.25, 0.3) is 21.6 Å². The molecule has 4 aromatic rings. The smallest absolute Gasteiger partial charge is 0.141 e. The zero-order valence-electron chi connectivity index (χ0n) is 12.4. The van der Waals surface area contributed by atoms with Gasteiger partial charge in [0.25, 0.3) is 0 Å². The standard InChI is InChI=1S/C16H13N5OS/c1-21-9-11(19-20-21)10-22-15-8-14(12-4-2-3-6-17-12)18-13-5-7-23-16(13)15/h2-9H,10H2,1H3. The molecule has 114 valence electrons. The van der Waals surface area contributed by atoms with Gasteiger partial charge in [0.15, 0.2) is 0 Å². The van der Waals surface area contributed by atoms with Crippen molar-refractivity contribution in [2.24, 2.45) is 7.05 Å². The van der Waals surface area contributed by atoms with Gasteiger partial charge in [-0.25, -0.2) is 4.98 Å². The van der Waals surface area contributed by atoms with Crippen LogP contribution < -0.4 is 4.74 Å². The number of pyridine rings is 2. The normalized spacial score (nSPS) is 11.0. The molecule has 4 aromatic heterocycles. The molecule has 0 N–H and O–H groups in total. The van der Waals surface area contributed by atoms with E-state index in [0.29, 0.717) is 6.61 Å². The molecule has 0 fully saturated rings. The summed E-state index contributed by atoms with van der Waals surface area (Å²) in [5, 5.41) is 9.96. The highest BCUT2D eigenvalue weighted by Gasteiger charge is 2.11. The number of thiophene rings is 1. The van der Waals surface area contributed by atoms with Gasteiger partial charge in [-0.15, -0.1) is 16.4 Å². The third kappa shape index (κ3) is 2.78. The average molecular weight is 323 g/mol. The first kappa shape index (κ1) is 13.8. The van der Waals surface area contributed by atoms with Gasteiger partial charge in [0.05, 0.1) is 27.8 Å². The molecular weight excluding hydrogens is 310 g/mol. The van der Waals surface area contributed by atoms with Crippen molar-refractivity contribution >= 4 is 21.6 Å². The van der Waals surface area contributed by atoms with E-state index in [9.17, 15) is 0 Å². The number of hydrogen-bond acceptors (Lipinski definition) is 6. The molecule has 0 aliphatic rings. The van der Waals surface area contributed by atoms with Crippen LogP contribution >= 0.6 is 11.3 Å². The number of nitrogens with zero attached hydrogens (tertiary/aromatic N) is 5. The summed E-state index contributed by atoms with van der Waals surface area (Å²) in [5.74, 6) is 0.788. The number of hydrogen-bond donors (Lipinski definition) is 0. The maximum atomic E-state index is 5.97. The van der Waals surface area contributed by atoms with Gasteiger partial charge in [-0.2, -0.15) is 0 Å². The molecule has 4 heterocycles. The maximum absolute atomic E-state index is 5.97. The van der Waals surface area contributed by atoms with Crippen molar-refractivity contribution in [2.45, 2.75) is 6.61 Å². The Morgan fingerprint density at radius 1 is 1.22 bits per heavy atom. The predicted molar refractivity (Wildman–Crippen MR) is 88.2 cm³/mol. The Kier molecular flexibility index (Phi) is 3.47. The molecule has 0 amide bonds. The van der Waals surface area contributed by atoms with Gasteiger partial charge in [0.1, 0.15) is 18.1 Å². The van der Waals surface area contributed by atoms with Crippen molar-refractivity contribution in [3.63, 3.8) is 0 Å². The van der Waals surface area contributed by atoms with Crippen molar-refractivity contribution in [1.82, 2.24) is 25.0 Å². The van der Waals surface area contributed by atoms with E-state index in [1.54, 1.807) is 22.2 Å². The zero-order chi connectivity index (χ0) is 15.6. The number of aromatic nitrogens is 5. The highest BCUT2D eigenvalue weighted by molar-refractivity contribution is 7.17. The third-order valence-corrected chi connectivity index (χ3v) is 4.25. The maximum Gasteiger partial charge on any atom is 0.141 e. The summed E-state index contributed by atoms with van der Waals surface area (Å²) in [6.45, 7) is 0.368. The minimum Gasteiger partial charge on any atom is -0.486 e. The van der Waals surface area contributed by atoms with E-state index in [0.717, 1.165) is 33.0 Å². The van der Waals surface area contributed by atoms with Gasteiger partial charge in [-0.05, 0) is 23.6 Å². The summed E-state index contributed by atoms with van der Waals surface area (Å²) in [5.41, 5.74) is 3.32. The molecule has 0 saturated heterocycles. The lowest BCUT2D eigenvalue weighted by molar-refractivity contribution is 0.305. The number of rotatable bonds is 4. The number of ether oxygens (including phenoxy) is 1. The van der Waals surface area contributed by atoms with Gasteiger partial charge >= 0.3 is 0 Å². The summed E-state index contributed by atoms with van der Waals surface area (Å²) in [6.07, 6.45) is 3.60. The zero-order valence-corrected chi connectivity index (χ0v) is 13.2. The van der Waals surface area contributed by atoms with Crippen LogP contribution in [-0.2, 0) is 13.7 Å². The molecule has 4 rings (SSSR count). The molecule has 0 spiro atoms. The van der Waals surface area contributed by atoms with Crippen molar-refractivity contribution in [3.8, 4) is 17.1 Å². The lowest BCUT2D eigenvalue weighted by Crippen LogP contribution is -1.97. The van der Waals surface area contributed by atoms with Crippen molar-refractivity contribution in [3.05, 3.63) is 53.8 Å². The molecule has 7 heteroatoms. The minimum absolute atomic E-state index is 0.368. The third-order valence-electron chi connectivity index (χ3n) is 3.33.